The van der Waals surface area contributed by atoms with E-state index in [4.69, 9.17) is 23.2 Å². The molecule has 2 amide bonds. The number of halogens is 3. The van der Waals surface area contributed by atoms with Crippen molar-refractivity contribution in [3.05, 3.63) is 63.9 Å². The van der Waals surface area contributed by atoms with Crippen LogP contribution in [0, 0.1) is 5.82 Å². The molecule has 1 aliphatic heterocycles. The first-order valence-electron chi connectivity index (χ1n) is 8.42. The van der Waals surface area contributed by atoms with Gasteiger partial charge in [0.1, 0.15) is 11.1 Å². The number of anilines is 1. The SMILES string of the molecule is C/C(=N/N=C1\NC(=O)C(CC(=O)Nc2ccc(Cl)cc2Cl)S1)c1ccc(F)cc1. The highest BCUT2D eigenvalue weighted by atomic mass is 35.5. The highest BCUT2D eigenvalue weighted by Crippen LogP contribution is 2.27. The molecular formula is C19H15Cl2FN4O2S. The van der Waals surface area contributed by atoms with Crippen LogP contribution in [0.3, 0.4) is 0 Å². The Bertz CT molecular complexity index is 1010. The molecular weight excluding hydrogens is 438 g/mol. The van der Waals surface area contributed by atoms with Crippen LogP contribution in [0.5, 0.6) is 0 Å². The van der Waals surface area contributed by atoms with Gasteiger partial charge >= 0.3 is 0 Å². The van der Waals surface area contributed by atoms with Gasteiger partial charge in [0.15, 0.2) is 5.17 Å². The molecule has 2 aromatic rings. The number of nitrogens with zero attached hydrogens (tertiary/aromatic N) is 2. The fraction of sp³-hybridized carbons (Fsp3) is 0.158. The number of hydrogen-bond donors (Lipinski definition) is 2. The number of nitrogens with one attached hydrogen (secondary N) is 2. The van der Waals surface area contributed by atoms with Crippen molar-refractivity contribution in [2.24, 2.45) is 10.2 Å². The van der Waals surface area contributed by atoms with Crippen molar-refractivity contribution >= 4 is 63.3 Å². The van der Waals surface area contributed by atoms with Gasteiger partial charge in [-0.25, -0.2) is 4.39 Å². The third kappa shape index (κ3) is 5.79. The molecule has 10 heteroatoms. The molecule has 6 nitrogen and oxygen atoms in total. The van der Waals surface area contributed by atoms with Crippen molar-refractivity contribution in [3.63, 3.8) is 0 Å². The highest BCUT2D eigenvalue weighted by Gasteiger charge is 2.32. The molecule has 0 saturated carbocycles. The molecule has 1 saturated heterocycles. The lowest BCUT2D eigenvalue weighted by Gasteiger charge is -2.09. The molecule has 0 aliphatic carbocycles. The van der Waals surface area contributed by atoms with Crippen LogP contribution in [0.4, 0.5) is 10.1 Å². The highest BCUT2D eigenvalue weighted by molar-refractivity contribution is 8.15. The molecule has 3 rings (SSSR count). The Kier molecular flexibility index (Phi) is 6.89. The first-order chi connectivity index (χ1) is 13.8. The summed E-state index contributed by atoms with van der Waals surface area (Å²) in [4.78, 5) is 24.4. The van der Waals surface area contributed by atoms with Crippen LogP contribution in [0.15, 0.2) is 52.7 Å². The van der Waals surface area contributed by atoms with Crippen molar-refractivity contribution in [3.8, 4) is 0 Å². The Balaban J connectivity index is 1.60. The lowest BCUT2D eigenvalue weighted by atomic mass is 10.1. The van der Waals surface area contributed by atoms with Crippen molar-refractivity contribution in [1.29, 1.82) is 0 Å². The summed E-state index contributed by atoms with van der Waals surface area (Å²) in [5.74, 6) is -1.04. The second-order valence-corrected chi connectivity index (χ2v) is 8.10. The third-order valence-electron chi connectivity index (χ3n) is 3.91. The van der Waals surface area contributed by atoms with E-state index in [0.717, 1.165) is 11.8 Å². The smallest absolute Gasteiger partial charge is 0.240 e. The minimum Gasteiger partial charge on any atom is -0.325 e. The summed E-state index contributed by atoms with van der Waals surface area (Å²) in [7, 11) is 0. The molecule has 29 heavy (non-hydrogen) atoms. The van der Waals surface area contributed by atoms with E-state index in [1.54, 1.807) is 31.2 Å². The van der Waals surface area contributed by atoms with E-state index in [9.17, 15) is 14.0 Å². The van der Waals surface area contributed by atoms with Gasteiger partial charge in [0, 0.05) is 11.4 Å². The molecule has 1 aliphatic rings. The van der Waals surface area contributed by atoms with Gasteiger partial charge in [0.25, 0.3) is 0 Å². The molecule has 150 valence electrons. The molecule has 0 bridgehead atoms. The van der Waals surface area contributed by atoms with Crippen LogP contribution in [0.1, 0.15) is 18.9 Å². The number of amides is 2. The number of thioether (sulfide) groups is 1. The first-order valence-corrected chi connectivity index (χ1v) is 10.1. The molecule has 1 fully saturated rings. The Morgan fingerprint density at radius 1 is 1.24 bits per heavy atom. The van der Waals surface area contributed by atoms with Crippen molar-refractivity contribution in [2.75, 3.05) is 5.32 Å². The van der Waals surface area contributed by atoms with E-state index in [2.05, 4.69) is 20.8 Å². The summed E-state index contributed by atoms with van der Waals surface area (Å²) in [5.41, 5.74) is 1.68. The van der Waals surface area contributed by atoms with Gasteiger partial charge in [0.2, 0.25) is 11.8 Å². The zero-order chi connectivity index (χ0) is 21.0. The number of carbonyl (C=O) groups excluding carboxylic acids is 2. The fourth-order valence-corrected chi connectivity index (χ4v) is 3.79. The maximum atomic E-state index is 13.0. The standard InChI is InChI=1S/C19H15Cl2FN4O2S/c1-10(11-2-5-13(22)6-3-11)25-26-19-24-18(28)16(29-19)9-17(27)23-15-7-4-12(20)8-14(15)21/h2-8,16H,9H2,1H3,(H,23,27)(H,24,26,28)/b25-10-. The van der Waals surface area contributed by atoms with Gasteiger partial charge in [-0.15, -0.1) is 5.10 Å². The molecule has 0 spiro atoms. The average Bonchev–Trinajstić information content (AvgIpc) is 3.02. The predicted molar refractivity (Wildman–Crippen MR) is 115 cm³/mol. The third-order valence-corrected chi connectivity index (χ3v) is 5.53. The number of amidine groups is 1. The average molecular weight is 453 g/mol. The van der Waals surface area contributed by atoms with Crippen LogP contribution >= 0.6 is 35.0 Å². The lowest BCUT2D eigenvalue weighted by molar-refractivity contribution is -0.122. The fourth-order valence-electron chi connectivity index (χ4n) is 2.42. The topological polar surface area (TPSA) is 82.9 Å². The van der Waals surface area contributed by atoms with Crippen LogP contribution in [0.2, 0.25) is 10.0 Å². The number of rotatable bonds is 5. The van der Waals surface area contributed by atoms with Crippen molar-refractivity contribution in [2.45, 2.75) is 18.6 Å². The molecule has 1 unspecified atom stereocenters. The molecule has 1 heterocycles. The summed E-state index contributed by atoms with van der Waals surface area (Å²) >= 11 is 13.0. The molecule has 2 aromatic carbocycles. The minimum atomic E-state index is -0.638. The van der Waals surface area contributed by atoms with Crippen molar-refractivity contribution < 1.29 is 14.0 Å². The number of carbonyl (C=O) groups is 2. The van der Waals surface area contributed by atoms with E-state index >= 15 is 0 Å². The Morgan fingerprint density at radius 2 is 1.97 bits per heavy atom. The summed E-state index contributed by atoms with van der Waals surface area (Å²) in [5, 5.41) is 13.7. The number of hydrogen-bond acceptors (Lipinski definition) is 5. The van der Waals surface area contributed by atoms with Gasteiger partial charge in [0.05, 0.1) is 16.4 Å². The summed E-state index contributed by atoms with van der Waals surface area (Å²) < 4.78 is 13.0. The quantitative estimate of drug-likeness (QED) is 0.518. The normalized spacial score (nSPS) is 18.1. The van der Waals surface area contributed by atoms with Crippen LogP contribution in [-0.2, 0) is 9.59 Å². The maximum Gasteiger partial charge on any atom is 0.240 e. The van der Waals surface area contributed by atoms with E-state index in [1.807, 2.05) is 0 Å². The largest absolute Gasteiger partial charge is 0.325 e. The monoisotopic (exact) mass is 452 g/mol. The van der Waals surface area contributed by atoms with E-state index in [-0.39, 0.29) is 24.1 Å². The lowest BCUT2D eigenvalue weighted by Crippen LogP contribution is -2.28. The summed E-state index contributed by atoms with van der Waals surface area (Å²) in [6, 6.07) is 10.5. The van der Waals surface area contributed by atoms with Crippen LogP contribution in [0.25, 0.3) is 0 Å². The van der Waals surface area contributed by atoms with Gasteiger partial charge in [-0.05, 0) is 42.8 Å². The first kappa shape index (κ1) is 21.3. The second-order valence-electron chi connectivity index (χ2n) is 6.07. The zero-order valence-electron chi connectivity index (χ0n) is 15.1. The van der Waals surface area contributed by atoms with Gasteiger partial charge in [-0.2, -0.15) is 5.10 Å². The van der Waals surface area contributed by atoms with E-state index < -0.39 is 5.25 Å². The summed E-state index contributed by atoms with van der Waals surface area (Å²) in [6.07, 6.45) is -0.0604. The van der Waals surface area contributed by atoms with Crippen LogP contribution in [-0.4, -0.2) is 27.9 Å². The molecule has 0 aromatic heterocycles. The Morgan fingerprint density at radius 3 is 2.66 bits per heavy atom. The predicted octanol–water partition coefficient (Wildman–Crippen LogP) is 4.47. The molecule has 1 atom stereocenters. The minimum absolute atomic E-state index is 0.0604. The van der Waals surface area contributed by atoms with Gasteiger partial charge in [-0.1, -0.05) is 47.1 Å². The number of benzene rings is 2. The van der Waals surface area contributed by atoms with E-state index in [0.29, 0.717) is 32.2 Å². The zero-order valence-corrected chi connectivity index (χ0v) is 17.4. The molecule has 2 N–H and O–H groups in total. The van der Waals surface area contributed by atoms with Gasteiger partial charge in [-0.3, -0.25) is 9.59 Å². The molecule has 0 radical (unpaired) electrons. The summed E-state index contributed by atoms with van der Waals surface area (Å²) in [6.45, 7) is 1.72. The maximum absolute atomic E-state index is 13.0. The Hall–Kier alpha value is -2.42. The second kappa shape index (κ2) is 9.39. The Labute approximate surface area is 180 Å². The van der Waals surface area contributed by atoms with Crippen molar-refractivity contribution in [1.82, 2.24) is 5.32 Å². The van der Waals surface area contributed by atoms with E-state index in [1.165, 1.54) is 18.2 Å². The van der Waals surface area contributed by atoms with Gasteiger partial charge < -0.3 is 10.6 Å². The van der Waals surface area contributed by atoms with Crippen LogP contribution < -0.4 is 10.6 Å².